The zero-order valence-corrected chi connectivity index (χ0v) is 15.7. The van der Waals surface area contributed by atoms with Gasteiger partial charge in [-0.2, -0.15) is 0 Å². The molecule has 0 bridgehead atoms. The van der Waals surface area contributed by atoms with Gasteiger partial charge >= 0.3 is 0 Å². The first-order valence-corrected chi connectivity index (χ1v) is 9.77. The number of rotatable bonds is 6. The van der Waals surface area contributed by atoms with Gasteiger partial charge in [0, 0.05) is 19.2 Å². The normalized spacial score (nSPS) is 22.4. The van der Waals surface area contributed by atoms with Gasteiger partial charge in [0.25, 0.3) is 11.1 Å². The van der Waals surface area contributed by atoms with Gasteiger partial charge in [-0.15, -0.1) is 0 Å². The standard InChI is InChI=1S/C19H22N2O5S/c22-11-9-14-5-1-2-10-20(14)17(23)13-21-18(24)16(27-19(21)25)8-3-6-15-7-4-12-26-15/h3-4,6-8,12,14,22H,1-2,5,9-11,13H2. The van der Waals surface area contributed by atoms with Crippen LogP contribution in [0.2, 0.25) is 0 Å². The van der Waals surface area contributed by atoms with Crippen LogP contribution in [0.3, 0.4) is 0 Å². The van der Waals surface area contributed by atoms with Crippen LogP contribution in [0, 0.1) is 0 Å². The molecule has 3 amide bonds. The molecule has 7 nitrogen and oxygen atoms in total. The van der Waals surface area contributed by atoms with Crippen molar-refractivity contribution in [3.63, 3.8) is 0 Å². The highest BCUT2D eigenvalue weighted by Gasteiger charge is 2.38. The number of allylic oxidation sites excluding steroid dienone is 2. The lowest BCUT2D eigenvalue weighted by Gasteiger charge is -2.36. The molecule has 144 valence electrons. The monoisotopic (exact) mass is 390 g/mol. The average molecular weight is 390 g/mol. The van der Waals surface area contributed by atoms with Crippen molar-refractivity contribution in [1.29, 1.82) is 0 Å². The predicted octanol–water partition coefficient (Wildman–Crippen LogP) is 2.64. The summed E-state index contributed by atoms with van der Waals surface area (Å²) >= 11 is 0.825. The molecule has 2 fully saturated rings. The van der Waals surface area contributed by atoms with Crippen molar-refractivity contribution in [2.24, 2.45) is 0 Å². The summed E-state index contributed by atoms with van der Waals surface area (Å²) in [6, 6.07) is 3.50. The van der Waals surface area contributed by atoms with E-state index in [4.69, 9.17) is 4.42 Å². The first-order valence-electron chi connectivity index (χ1n) is 8.96. The molecule has 0 spiro atoms. The fourth-order valence-electron chi connectivity index (χ4n) is 3.27. The van der Waals surface area contributed by atoms with E-state index in [1.54, 1.807) is 41.5 Å². The Labute approximate surface area is 161 Å². The molecule has 2 aliphatic heterocycles. The summed E-state index contributed by atoms with van der Waals surface area (Å²) in [6.45, 7) is 0.355. The number of thioether (sulfide) groups is 1. The van der Waals surface area contributed by atoms with Gasteiger partial charge in [-0.1, -0.05) is 6.08 Å². The third-order valence-corrected chi connectivity index (χ3v) is 5.55. The van der Waals surface area contributed by atoms with Crippen LogP contribution in [0.5, 0.6) is 0 Å². The quantitative estimate of drug-likeness (QED) is 0.751. The van der Waals surface area contributed by atoms with Crippen molar-refractivity contribution >= 4 is 34.9 Å². The molecule has 0 aromatic carbocycles. The van der Waals surface area contributed by atoms with Crippen molar-refractivity contribution in [3.05, 3.63) is 41.2 Å². The maximum atomic E-state index is 12.6. The molecule has 1 N–H and O–H groups in total. The number of carbonyl (C=O) groups is 3. The molecule has 3 heterocycles. The van der Waals surface area contributed by atoms with E-state index in [0.717, 1.165) is 35.9 Å². The summed E-state index contributed by atoms with van der Waals surface area (Å²) < 4.78 is 5.16. The lowest BCUT2D eigenvalue weighted by molar-refractivity contribution is -0.139. The second-order valence-electron chi connectivity index (χ2n) is 6.41. The summed E-state index contributed by atoms with van der Waals surface area (Å²) in [5.74, 6) is -0.0679. The lowest BCUT2D eigenvalue weighted by Crippen LogP contribution is -2.49. The number of piperidine rings is 1. The van der Waals surface area contributed by atoms with Gasteiger partial charge in [0.2, 0.25) is 5.91 Å². The molecule has 27 heavy (non-hydrogen) atoms. The Balaban J connectivity index is 1.63. The van der Waals surface area contributed by atoms with Crippen molar-refractivity contribution in [2.45, 2.75) is 31.7 Å². The molecule has 0 saturated carbocycles. The minimum absolute atomic E-state index is 0.0146. The van der Waals surface area contributed by atoms with Gasteiger partial charge in [0.15, 0.2) is 0 Å². The van der Waals surface area contributed by atoms with Crippen LogP contribution < -0.4 is 0 Å². The zero-order chi connectivity index (χ0) is 19.2. The van der Waals surface area contributed by atoms with Crippen molar-refractivity contribution in [2.75, 3.05) is 19.7 Å². The van der Waals surface area contributed by atoms with Gasteiger partial charge in [-0.05, 0) is 61.7 Å². The van der Waals surface area contributed by atoms with Gasteiger partial charge < -0.3 is 14.4 Å². The third kappa shape index (κ3) is 4.70. The Morgan fingerprint density at radius 3 is 2.96 bits per heavy atom. The summed E-state index contributed by atoms with van der Waals surface area (Å²) in [4.78, 5) is 40.3. The minimum atomic E-state index is -0.460. The maximum Gasteiger partial charge on any atom is 0.294 e. The smallest absolute Gasteiger partial charge is 0.294 e. The van der Waals surface area contributed by atoms with Gasteiger partial charge in [0.1, 0.15) is 12.3 Å². The molecule has 8 heteroatoms. The van der Waals surface area contributed by atoms with Crippen LogP contribution in [0.1, 0.15) is 31.4 Å². The fraction of sp³-hybridized carbons (Fsp3) is 0.421. The maximum absolute atomic E-state index is 12.6. The van der Waals surface area contributed by atoms with Gasteiger partial charge in [0.05, 0.1) is 11.2 Å². The predicted molar refractivity (Wildman–Crippen MR) is 102 cm³/mol. The average Bonchev–Trinajstić information content (AvgIpc) is 3.26. The highest BCUT2D eigenvalue weighted by Crippen LogP contribution is 2.31. The Morgan fingerprint density at radius 2 is 2.22 bits per heavy atom. The number of aliphatic hydroxyl groups excluding tert-OH is 1. The molecule has 1 aromatic heterocycles. The largest absolute Gasteiger partial charge is 0.465 e. The Hall–Kier alpha value is -2.32. The first-order chi connectivity index (χ1) is 13.1. The number of hydrogen-bond donors (Lipinski definition) is 1. The fourth-order valence-corrected chi connectivity index (χ4v) is 4.06. The summed E-state index contributed by atoms with van der Waals surface area (Å²) in [5.41, 5.74) is 0. The van der Waals surface area contributed by atoms with Gasteiger partial charge in [-0.3, -0.25) is 19.3 Å². The van der Waals surface area contributed by atoms with Crippen LogP contribution >= 0.6 is 11.8 Å². The summed E-state index contributed by atoms with van der Waals surface area (Å²) in [7, 11) is 0. The topological polar surface area (TPSA) is 91.1 Å². The SMILES string of the molecule is O=C1SC(=CC=Cc2ccco2)C(=O)N1CC(=O)N1CCCCC1CCO. The number of imide groups is 1. The highest BCUT2D eigenvalue weighted by molar-refractivity contribution is 8.18. The minimum Gasteiger partial charge on any atom is -0.465 e. The van der Waals surface area contributed by atoms with Crippen molar-refractivity contribution < 1.29 is 23.9 Å². The molecular formula is C19H22N2O5S. The molecule has 0 aliphatic carbocycles. The van der Waals surface area contributed by atoms with E-state index in [0.29, 0.717) is 18.7 Å². The Morgan fingerprint density at radius 1 is 1.37 bits per heavy atom. The number of nitrogens with zero attached hydrogens (tertiary/aromatic N) is 2. The van der Waals surface area contributed by atoms with Crippen LogP contribution in [0.25, 0.3) is 6.08 Å². The highest BCUT2D eigenvalue weighted by atomic mass is 32.2. The Kier molecular flexibility index (Phi) is 6.52. The van der Waals surface area contributed by atoms with E-state index in [2.05, 4.69) is 0 Å². The molecule has 0 radical (unpaired) electrons. The van der Waals surface area contributed by atoms with E-state index in [-0.39, 0.29) is 30.0 Å². The zero-order valence-electron chi connectivity index (χ0n) is 14.9. The van der Waals surface area contributed by atoms with E-state index in [9.17, 15) is 19.5 Å². The number of furan rings is 1. The molecule has 2 aliphatic rings. The summed E-state index contributed by atoms with van der Waals surface area (Å²) in [5, 5.41) is 8.75. The lowest BCUT2D eigenvalue weighted by atomic mass is 9.99. The van der Waals surface area contributed by atoms with Crippen LogP contribution in [0.4, 0.5) is 4.79 Å². The van der Waals surface area contributed by atoms with E-state index < -0.39 is 11.1 Å². The first kappa shape index (κ1) is 19.4. The number of carbonyl (C=O) groups excluding carboxylic acids is 3. The van der Waals surface area contributed by atoms with Crippen LogP contribution in [0.15, 0.2) is 39.9 Å². The second kappa shape index (κ2) is 9.05. The summed E-state index contributed by atoms with van der Waals surface area (Å²) in [6.07, 6.45) is 9.69. The van der Waals surface area contributed by atoms with Gasteiger partial charge in [-0.25, -0.2) is 0 Å². The molecule has 1 unspecified atom stereocenters. The van der Waals surface area contributed by atoms with Crippen LogP contribution in [-0.4, -0.2) is 57.7 Å². The van der Waals surface area contributed by atoms with Crippen LogP contribution in [-0.2, 0) is 9.59 Å². The van der Waals surface area contributed by atoms with E-state index >= 15 is 0 Å². The Bertz CT molecular complexity index is 754. The van der Waals surface area contributed by atoms with Crippen molar-refractivity contribution in [1.82, 2.24) is 9.80 Å². The molecule has 1 aromatic rings. The molecule has 1 atom stereocenters. The van der Waals surface area contributed by atoms with E-state index in [1.807, 2.05) is 0 Å². The number of likely N-dealkylation sites (tertiary alicyclic amines) is 1. The number of hydrogen-bond acceptors (Lipinski definition) is 6. The third-order valence-electron chi connectivity index (χ3n) is 4.63. The molecule has 3 rings (SSSR count). The number of aliphatic hydroxyl groups is 1. The molecule has 2 saturated heterocycles. The second-order valence-corrected chi connectivity index (χ2v) is 7.41. The molecular weight excluding hydrogens is 368 g/mol. The van der Waals surface area contributed by atoms with Crippen molar-refractivity contribution in [3.8, 4) is 0 Å². The number of amides is 3. The van der Waals surface area contributed by atoms with E-state index in [1.165, 1.54) is 0 Å².